The minimum atomic E-state index is -0.290. The minimum Gasteiger partial charge on any atom is -0.358 e. The summed E-state index contributed by atoms with van der Waals surface area (Å²) in [6, 6.07) is 0. The Kier molecular flexibility index (Phi) is 5.89. The molecule has 0 fully saturated rings. The second kappa shape index (κ2) is 8.11. The number of ether oxygens (including phenoxy) is 1. The molecule has 0 radical (unpaired) electrons. The predicted octanol–water partition coefficient (Wildman–Crippen LogP) is 5.32. The third-order valence-corrected chi connectivity index (χ3v) is 5.51. The third kappa shape index (κ3) is 3.80. The maximum absolute atomic E-state index is 12.4. The van der Waals surface area contributed by atoms with Gasteiger partial charge in [-0.2, -0.15) is 0 Å². The summed E-state index contributed by atoms with van der Waals surface area (Å²) in [5, 5.41) is 0. The second-order valence-corrected chi connectivity index (χ2v) is 7.39. The van der Waals surface area contributed by atoms with E-state index in [1.54, 1.807) is 6.08 Å². The van der Waals surface area contributed by atoms with Crippen LogP contribution in [0.1, 0.15) is 58.8 Å². The highest BCUT2D eigenvalue weighted by atomic mass is 16.5. The Hall–Kier alpha value is -1.41. The first-order valence-electron chi connectivity index (χ1n) is 9.63. The molecule has 130 valence electrons. The van der Waals surface area contributed by atoms with Gasteiger partial charge in [0.2, 0.25) is 0 Å². The molecule has 1 heterocycles. The lowest BCUT2D eigenvalue weighted by Gasteiger charge is -2.38. The van der Waals surface area contributed by atoms with Crippen molar-refractivity contribution >= 4 is 5.78 Å². The first-order valence-corrected chi connectivity index (χ1v) is 9.63. The van der Waals surface area contributed by atoms with E-state index in [0.29, 0.717) is 5.92 Å². The number of ketones is 1. The van der Waals surface area contributed by atoms with E-state index in [1.807, 2.05) is 0 Å². The standard InChI is InChI=1S/C22H30O2/c1-3-4-5-6-7-8-9-13-21-16(2)14-19-18-12-10-11-17(18)15-20(23)22(19)24-21/h9-11,13-15,18-19,21-22H,3-8,12H2,1-2H3. The van der Waals surface area contributed by atoms with Crippen molar-refractivity contribution < 1.29 is 9.53 Å². The molecular formula is C22H30O2. The molecule has 0 saturated carbocycles. The van der Waals surface area contributed by atoms with E-state index in [-0.39, 0.29) is 23.9 Å². The Morgan fingerprint density at radius 1 is 1.25 bits per heavy atom. The summed E-state index contributed by atoms with van der Waals surface area (Å²) in [6.45, 7) is 4.38. The number of rotatable bonds is 7. The van der Waals surface area contributed by atoms with E-state index < -0.39 is 0 Å². The average molecular weight is 326 g/mol. The summed E-state index contributed by atoms with van der Waals surface area (Å²) >= 11 is 0. The highest BCUT2D eigenvalue weighted by Crippen LogP contribution is 2.42. The Morgan fingerprint density at radius 3 is 2.92 bits per heavy atom. The van der Waals surface area contributed by atoms with E-state index in [1.165, 1.54) is 43.3 Å². The van der Waals surface area contributed by atoms with Crippen LogP contribution >= 0.6 is 0 Å². The van der Waals surface area contributed by atoms with E-state index in [2.05, 4.69) is 44.2 Å². The Bertz CT molecular complexity index is 579. The van der Waals surface area contributed by atoms with Gasteiger partial charge >= 0.3 is 0 Å². The van der Waals surface area contributed by atoms with E-state index >= 15 is 0 Å². The zero-order valence-electron chi connectivity index (χ0n) is 15.0. The molecule has 0 aromatic carbocycles. The molecule has 0 amide bonds. The molecule has 2 heteroatoms. The van der Waals surface area contributed by atoms with Gasteiger partial charge in [-0.15, -0.1) is 0 Å². The van der Waals surface area contributed by atoms with Gasteiger partial charge in [-0.05, 0) is 49.3 Å². The van der Waals surface area contributed by atoms with Crippen LogP contribution in [0.25, 0.3) is 0 Å². The van der Waals surface area contributed by atoms with Gasteiger partial charge in [0, 0.05) is 5.92 Å². The molecule has 3 aliphatic rings. The molecule has 3 rings (SSSR count). The van der Waals surface area contributed by atoms with Crippen LogP contribution in [0.15, 0.2) is 47.6 Å². The number of carbonyl (C=O) groups excluding carboxylic acids is 1. The van der Waals surface area contributed by atoms with Gasteiger partial charge in [0.15, 0.2) is 5.78 Å². The summed E-state index contributed by atoms with van der Waals surface area (Å²) in [7, 11) is 0. The summed E-state index contributed by atoms with van der Waals surface area (Å²) in [5.41, 5.74) is 2.44. The number of fused-ring (bicyclic) bond motifs is 3. The van der Waals surface area contributed by atoms with Crippen molar-refractivity contribution in [2.45, 2.75) is 71.0 Å². The van der Waals surface area contributed by atoms with Crippen molar-refractivity contribution in [2.24, 2.45) is 11.8 Å². The predicted molar refractivity (Wildman–Crippen MR) is 98.8 cm³/mol. The van der Waals surface area contributed by atoms with Crippen LogP contribution in [0.4, 0.5) is 0 Å². The van der Waals surface area contributed by atoms with Crippen LogP contribution in [0.3, 0.4) is 0 Å². The van der Waals surface area contributed by atoms with Crippen molar-refractivity contribution in [1.82, 2.24) is 0 Å². The monoisotopic (exact) mass is 326 g/mol. The summed E-state index contributed by atoms with van der Waals surface area (Å²) < 4.78 is 6.19. The molecule has 0 bridgehead atoms. The lowest BCUT2D eigenvalue weighted by atomic mass is 9.74. The SMILES string of the molecule is CCCCCCCC=CC1OC2C(=O)C=C3C=CCC3C2C=C1C. The van der Waals surface area contributed by atoms with Gasteiger partial charge in [-0.3, -0.25) is 4.79 Å². The van der Waals surface area contributed by atoms with Crippen molar-refractivity contribution in [3.8, 4) is 0 Å². The van der Waals surface area contributed by atoms with Crippen LogP contribution in [-0.4, -0.2) is 18.0 Å². The Morgan fingerprint density at radius 2 is 2.08 bits per heavy atom. The maximum Gasteiger partial charge on any atom is 0.185 e. The van der Waals surface area contributed by atoms with Crippen LogP contribution in [0.2, 0.25) is 0 Å². The largest absolute Gasteiger partial charge is 0.358 e. The molecule has 24 heavy (non-hydrogen) atoms. The molecule has 0 saturated heterocycles. The van der Waals surface area contributed by atoms with Gasteiger partial charge in [-0.25, -0.2) is 0 Å². The van der Waals surface area contributed by atoms with Crippen LogP contribution < -0.4 is 0 Å². The number of allylic oxidation sites excluding steroid dienone is 4. The number of carbonyl (C=O) groups is 1. The van der Waals surface area contributed by atoms with E-state index in [4.69, 9.17) is 4.74 Å². The minimum absolute atomic E-state index is 0.0323. The highest BCUT2D eigenvalue weighted by Gasteiger charge is 2.42. The molecular weight excluding hydrogens is 296 g/mol. The maximum atomic E-state index is 12.4. The highest BCUT2D eigenvalue weighted by molar-refractivity contribution is 5.96. The van der Waals surface area contributed by atoms with E-state index in [0.717, 1.165) is 12.8 Å². The first kappa shape index (κ1) is 17.4. The second-order valence-electron chi connectivity index (χ2n) is 7.39. The quantitative estimate of drug-likeness (QED) is 0.467. The number of hydrogen-bond acceptors (Lipinski definition) is 2. The normalized spacial score (nSPS) is 31.8. The fourth-order valence-electron chi connectivity index (χ4n) is 4.10. The van der Waals surface area contributed by atoms with Crippen molar-refractivity contribution in [2.75, 3.05) is 0 Å². The third-order valence-electron chi connectivity index (χ3n) is 5.51. The van der Waals surface area contributed by atoms with Gasteiger partial charge in [0.05, 0.1) is 6.10 Å². The fourth-order valence-corrected chi connectivity index (χ4v) is 4.10. The molecule has 0 aromatic heterocycles. The fraction of sp³-hybridized carbons (Fsp3) is 0.591. The molecule has 0 aromatic rings. The number of unbranched alkanes of at least 4 members (excludes halogenated alkanes) is 5. The molecule has 2 aliphatic carbocycles. The van der Waals surface area contributed by atoms with Gasteiger partial charge in [-0.1, -0.05) is 63.0 Å². The molecule has 0 N–H and O–H groups in total. The zero-order valence-corrected chi connectivity index (χ0v) is 15.0. The van der Waals surface area contributed by atoms with Gasteiger partial charge in [0.25, 0.3) is 0 Å². The number of hydrogen-bond donors (Lipinski definition) is 0. The van der Waals surface area contributed by atoms with Crippen LogP contribution in [0, 0.1) is 11.8 Å². The summed E-state index contributed by atoms with van der Waals surface area (Å²) in [5.74, 6) is 0.789. The lowest BCUT2D eigenvalue weighted by molar-refractivity contribution is -0.133. The molecule has 0 spiro atoms. The smallest absolute Gasteiger partial charge is 0.185 e. The van der Waals surface area contributed by atoms with Crippen molar-refractivity contribution in [1.29, 1.82) is 0 Å². The first-order chi connectivity index (χ1) is 11.7. The van der Waals surface area contributed by atoms with Gasteiger partial charge < -0.3 is 4.74 Å². The molecule has 4 unspecified atom stereocenters. The summed E-state index contributed by atoms with van der Waals surface area (Å²) in [4.78, 5) is 12.4. The molecule has 2 nitrogen and oxygen atoms in total. The van der Waals surface area contributed by atoms with Gasteiger partial charge in [0.1, 0.15) is 6.10 Å². The lowest BCUT2D eigenvalue weighted by Crippen LogP contribution is -2.44. The molecule has 1 aliphatic heterocycles. The zero-order chi connectivity index (χ0) is 16.9. The Balaban J connectivity index is 1.57. The van der Waals surface area contributed by atoms with E-state index in [9.17, 15) is 4.79 Å². The summed E-state index contributed by atoms with van der Waals surface area (Å²) in [6.07, 6.45) is 21.1. The van der Waals surface area contributed by atoms with Crippen molar-refractivity contribution in [3.63, 3.8) is 0 Å². The molecule has 4 atom stereocenters. The van der Waals surface area contributed by atoms with Crippen LogP contribution in [0.5, 0.6) is 0 Å². The average Bonchev–Trinajstić information content (AvgIpc) is 3.03. The van der Waals surface area contributed by atoms with Crippen molar-refractivity contribution in [3.05, 3.63) is 47.6 Å². The Labute approximate surface area is 146 Å². The van der Waals surface area contributed by atoms with Crippen LogP contribution in [-0.2, 0) is 9.53 Å². The topological polar surface area (TPSA) is 26.3 Å².